The van der Waals surface area contributed by atoms with Crippen LogP contribution in [-0.2, 0) is 35.3 Å². The minimum absolute atomic E-state index is 0.0170. The van der Waals surface area contributed by atoms with E-state index in [1.807, 2.05) is 37.5 Å². The van der Waals surface area contributed by atoms with Gasteiger partial charge in [0.2, 0.25) is 5.91 Å². The molecule has 50 heavy (non-hydrogen) atoms. The number of hydrogen-bond donors (Lipinski definition) is 6. The van der Waals surface area contributed by atoms with Crippen LogP contribution >= 0.6 is 0 Å². The van der Waals surface area contributed by atoms with Gasteiger partial charge in [-0.2, -0.15) is 0 Å². The van der Waals surface area contributed by atoms with Crippen LogP contribution in [0, 0.1) is 27.7 Å². The lowest BCUT2D eigenvalue weighted by Crippen LogP contribution is -2.37. The average Bonchev–Trinajstić information content (AvgIpc) is 3.73. The van der Waals surface area contributed by atoms with Gasteiger partial charge in [-0.15, -0.1) is 0 Å². The summed E-state index contributed by atoms with van der Waals surface area (Å²) < 4.78 is 1.81. The summed E-state index contributed by atoms with van der Waals surface area (Å²) in [4.78, 5) is 48.5. The molecular formula is C40H51N5O5. The van der Waals surface area contributed by atoms with Crippen LogP contribution in [0.15, 0.2) is 0 Å². The Balaban J connectivity index is 1.99. The maximum absolute atomic E-state index is 14.3. The lowest BCUT2D eigenvalue weighted by molar-refractivity contribution is -0.138. The van der Waals surface area contributed by atoms with Crippen LogP contribution in [0.1, 0.15) is 131 Å². The van der Waals surface area contributed by atoms with E-state index < -0.39 is 11.9 Å². The molecular weight excluding hydrogens is 630 g/mol. The molecule has 0 saturated heterocycles. The monoisotopic (exact) mass is 681 g/mol. The van der Waals surface area contributed by atoms with Crippen LogP contribution in [0.2, 0.25) is 0 Å². The minimum Gasteiger partial charge on any atom is -0.481 e. The van der Waals surface area contributed by atoms with Gasteiger partial charge in [-0.3, -0.25) is 19.0 Å². The van der Waals surface area contributed by atoms with Crippen LogP contribution < -0.4 is 27.1 Å². The Morgan fingerprint density at radius 2 is 1.28 bits per heavy atom. The second kappa shape index (κ2) is 14.9. The van der Waals surface area contributed by atoms with Gasteiger partial charge >= 0.3 is 11.9 Å². The number of aliphatic carboxylic acids is 2. The molecule has 0 spiro atoms. The molecule has 266 valence electrons. The second-order valence-electron chi connectivity index (χ2n) is 13.5. The van der Waals surface area contributed by atoms with Crippen LogP contribution in [0.3, 0.4) is 0 Å². The van der Waals surface area contributed by atoms with Crippen LogP contribution in [0.25, 0.3) is 23.9 Å². The number of nitrogens with zero attached hydrogens (tertiary/aromatic N) is 1. The third kappa shape index (κ3) is 6.75. The summed E-state index contributed by atoms with van der Waals surface area (Å²) in [5, 5.41) is 22.3. The van der Waals surface area contributed by atoms with Crippen molar-refractivity contribution in [1.29, 1.82) is 0 Å². The molecule has 0 amide bonds. The van der Waals surface area contributed by atoms with Gasteiger partial charge in [0.05, 0.1) is 22.1 Å². The number of carboxylic acid groups (broad SMARTS) is 2. The quantitative estimate of drug-likeness (QED) is 0.124. The zero-order chi connectivity index (χ0) is 36.4. The number of nitrogens with one attached hydrogen (secondary N) is 3. The third-order valence-electron chi connectivity index (χ3n) is 10.4. The van der Waals surface area contributed by atoms with E-state index in [4.69, 9.17) is 5.73 Å². The summed E-state index contributed by atoms with van der Waals surface area (Å²) in [5.74, 6) is -1.79. The van der Waals surface area contributed by atoms with Crippen molar-refractivity contribution in [2.45, 2.75) is 113 Å². The Bertz CT molecular complexity index is 2240. The Morgan fingerprint density at radius 1 is 0.660 bits per heavy atom. The number of hydrogen-bond acceptors (Lipinski definition) is 4. The molecule has 7 N–H and O–H groups in total. The molecule has 0 radical (unpaired) electrons. The standard InChI is InChI=1S/C40H51N5O5/c1-8-11-12-13-35(46)45-34-20-30-22(5)28(15-17-37(49)50)33(43-30)19-32-27(14-16-36(47)48)21(4)29(42-32)18-31-25(9-2)24(7)39(44-31)38(41)40(45)26(10-3)23(34)6/h18-20,42-44H,8-17,41H2,1-7H3,(H,47,48)(H,49,50). The number of carboxylic acids is 2. The molecule has 4 aromatic rings. The van der Waals surface area contributed by atoms with Gasteiger partial charge in [-0.1, -0.05) is 33.6 Å². The van der Waals surface area contributed by atoms with Crippen molar-refractivity contribution in [2.75, 3.05) is 0 Å². The highest BCUT2D eigenvalue weighted by molar-refractivity contribution is 5.82. The summed E-state index contributed by atoms with van der Waals surface area (Å²) in [6, 6.07) is 0. The summed E-state index contributed by atoms with van der Waals surface area (Å²) in [6.07, 6.45) is 11.1. The average molecular weight is 682 g/mol. The van der Waals surface area contributed by atoms with E-state index in [-0.39, 0.29) is 18.7 Å². The predicted molar refractivity (Wildman–Crippen MR) is 197 cm³/mol. The smallest absolute Gasteiger partial charge is 0.303 e. The lowest BCUT2D eigenvalue weighted by atomic mass is 10.0. The molecule has 0 atom stereocenters. The number of aromatic nitrogens is 4. The zero-order valence-corrected chi connectivity index (χ0v) is 30.4. The van der Waals surface area contributed by atoms with Crippen LogP contribution in [0.5, 0.6) is 0 Å². The highest BCUT2D eigenvalue weighted by Crippen LogP contribution is 2.25. The maximum Gasteiger partial charge on any atom is 0.303 e. The molecule has 1 aliphatic rings. The molecule has 0 fully saturated rings. The largest absolute Gasteiger partial charge is 0.481 e. The van der Waals surface area contributed by atoms with Crippen molar-refractivity contribution in [3.63, 3.8) is 0 Å². The molecule has 10 heteroatoms. The highest BCUT2D eigenvalue weighted by Gasteiger charge is 2.23. The molecule has 0 unspecified atom stereocenters. The Kier molecular flexibility index (Phi) is 10.8. The fourth-order valence-corrected chi connectivity index (χ4v) is 7.59. The summed E-state index contributed by atoms with van der Waals surface area (Å²) in [7, 11) is 0. The molecule has 4 aromatic heterocycles. The molecule has 8 bridgehead atoms. The van der Waals surface area contributed by atoms with Gasteiger partial charge in [0.25, 0.3) is 0 Å². The predicted octanol–water partition coefficient (Wildman–Crippen LogP) is 4.00. The highest BCUT2D eigenvalue weighted by atomic mass is 16.4. The number of rotatable bonds is 12. The molecule has 5 heterocycles. The van der Waals surface area contributed by atoms with Crippen molar-refractivity contribution in [3.8, 4) is 0 Å². The van der Waals surface area contributed by atoms with Gasteiger partial charge in [0, 0.05) is 47.0 Å². The zero-order valence-electron chi connectivity index (χ0n) is 30.4. The summed E-state index contributed by atoms with van der Waals surface area (Å²) in [6.45, 7) is 14.4. The molecule has 0 saturated carbocycles. The SMILES string of the molecule is CCCCCC(=O)n1c2c(C)c(CC)c1=C(N)c1[nH]c(c(CC)c1C)C=c1[nH]c(c(CCC(=O)O)c1C)=Cc1[nH]c(c(C)c1CCC(=O)O)C=2. The third-order valence-corrected chi connectivity index (χ3v) is 10.4. The van der Waals surface area contributed by atoms with E-state index in [0.29, 0.717) is 36.7 Å². The number of aromatic amines is 3. The lowest BCUT2D eigenvalue weighted by Gasteiger charge is -2.09. The number of fused-ring (bicyclic) bond motifs is 8. The molecule has 0 aliphatic carbocycles. The normalized spacial score (nSPS) is 12.4. The van der Waals surface area contributed by atoms with Crippen LogP contribution in [-0.4, -0.2) is 47.6 Å². The van der Waals surface area contributed by atoms with E-state index in [2.05, 4.69) is 48.7 Å². The number of H-pyrrole nitrogens is 3. The molecule has 5 rings (SSSR count). The molecule has 0 aromatic carbocycles. The van der Waals surface area contributed by atoms with Gasteiger partial charge in [0.15, 0.2) is 0 Å². The second-order valence-corrected chi connectivity index (χ2v) is 13.5. The Labute approximate surface area is 292 Å². The number of carbonyl (C=O) groups is 3. The van der Waals surface area contributed by atoms with Crippen molar-refractivity contribution >= 4 is 41.8 Å². The first-order chi connectivity index (χ1) is 23.8. The number of nitrogens with two attached hydrogens (primary N) is 1. The first-order valence-electron chi connectivity index (χ1n) is 17.8. The van der Waals surface area contributed by atoms with Gasteiger partial charge < -0.3 is 30.9 Å². The first-order valence-corrected chi connectivity index (χ1v) is 17.8. The van der Waals surface area contributed by atoms with Gasteiger partial charge in [0.1, 0.15) is 0 Å². The summed E-state index contributed by atoms with van der Waals surface area (Å²) >= 11 is 0. The van der Waals surface area contributed by atoms with Crippen molar-refractivity contribution in [1.82, 2.24) is 19.5 Å². The minimum atomic E-state index is -0.895. The topological polar surface area (TPSA) is 170 Å². The Hall–Kier alpha value is -4.99. The first kappa shape index (κ1) is 36.3. The maximum atomic E-state index is 14.3. The fourth-order valence-electron chi connectivity index (χ4n) is 7.59. The molecule has 10 nitrogen and oxygen atoms in total. The number of unbranched alkanes of at least 4 members (excludes halogenated alkanes) is 2. The Morgan fingerprint density at radius 3 is 1.90 bits per heavy atom. The van der Waals surface area contributed by atoms with Crippen molar-refractivity contribution in [3.05, 3.63) is 88.7 Å². The van der Waals surface area contributed by atoms with Gasteiger partial charge in [-0.25, -0.2) is 0 Å². The van der Waals surface area contributed by atoms with Gasteiger partial charge in [-0.05, 0) is 123 Å². The molecule has 1 aliphatic heterocycles. The van der Waals surface area contributed by atoms with Crippen molar-refractivity contribution in [2.24, 2.45) is 5.73 Å². The summed E-state index contributed by atoms with van der Waals surface area (Å²) in [5.41, 5.74) is 18.6. The fraction of sp³-hybridized carbons (Fsp3) is 0.425. The van der Waals surface area contributed by atoms with E-state index in [1.165, 1.54) is 0 Å². The van der Waals surface area contributed by atoms with Crippen molar-refractivity contribution < 1.29 is 24.6 Å². The van der Waals surface area contributed by atoms with E-state index >= 15 is 0 Å². The van der Waals surface area contributed by atoms with E-state index in [0.717, 1.165) is 109 Å². The van der Waals surface area contributed by atoms with E-state index in [9.17, 15) is 24.6 Å². The number of carbonyl (C=O) groups excluding carboxylic acids is 1. The van der Waals surface area contributed by atoms with Crippen LogP contribution in [0.4, 0.5) is 0 Å². The van der Waals surface area contributed by atoms with E-state index in [1.54, 1.807) is 0 Å².